The predicted molar refractivity (Wildman–Crippen MR) is 105 cm³/mol. The number of aromatic hydroxyl groups is 1. The Balaban J connectivity index is 1.51. The third-order valence-corrected chi connectivity index (χ3v) is 4.99. The first-order chi connectivity index (χ1) is 13.3. The van der Waals surface area contributed by atoms with Crippen LogP contribution in [0.1, 0.15) is 63.9 Å². The Hall–Kier alpha value is -1.98. The molecule has 3 rings (SSSR count). The standard InChI is InChI=1S/C22H30N2O3/c1-2-3-4-5-6-8-11-17-15-26-22(27-16-17)20-19(25)14-23-21(24-20)18-12-9-7-10-13-18/h7,9-10,12-14,17,22,25H,2-6,8,11,15-16H2,1H3. The van der Waals surface area contributed by atoms with Crippen molar-refractivity contribution in [2.45, 2.75) is 58.2 Å². The molecular formula is C22H30N2O3. The van der Waals surface area contributed by atoms with Crippen LogP contribution < -0.4 is 0 Å². The van der Waals surface area contributed by atoms with E-state index in [9.17, 15) is 5.11 Å². The molecule has 0 bridgehead atoms. The van der Waals surface area contributed by atoms with Crippen molar-refractivity contribution in [1.82, 2.24) is 9.97 Å². The molecule has 2 heterocycles. The van der Waals surface area contributed by atoms with E-state index in [4.69, 9.17) is 9.47 Å². The van der Waals surface area contributed by atoms with Gasteiger partial charge in [0.2, 0.25) is 6.29 Å². The van der Waals surface area contributed by atoms with E-state index < -0.39 is 6.29 Å². The molecule has 0 radical (unpaired) electrons. The molecule has 1 aliphatic heterocycles. The Morgan fingerprint density at radius 3 is 2.44 bits per heavy atom. The minimum absolute atomic E-state index is 0.00838. The van der Waals surface area contributed by atoms with Crippen LogP contribution in [-0.2, 0) is 9.47 Å². The summed E-state index contributed by atoms with van der Waals surface area (Å²) in [6, 6.07) is 9.70. The van der Waals surface area contributed by atoms with E-state index in [1.54, 1.807) is 0 Å². The van der Waals surface area contributed by atoms with Crippen LogP contribution in [0.3, 0.4) is 0 Å². The zero-order valence-corrected chi connectivity index (χ0v) is 16.1. The lowest BCUT2D eigenvalue weighted by Gasteiger charge is -2.29. The zero-order valence-electron chi connectivity index (χ0n) is 16.1. The van der Waals surface area contributed by atoms with E-state index >= 15 is 0 Å². The van der Waals surface area contributed by atoms with Crippen LogP contribution >= 0.6 is 0 Å². The van der Waals surface area contributed by atoms with Gasteiger partial charge < -0.3 is 14.6 Å². The molecular weight excluding hydrogens is 340 g/mol. The van der Waals surface area contributed by atoms with Crippen molar-refractivity contribution in [3.8, 4) is 17.1 Å². The van der Waals surface area contributed by atoms with Crippen LogP contribution in [0.5, 0.6) is 5.75 Å². The predicted octanol–water partition coefficient (Wildman–Crippen LogP) is 5.26. The average Bonchev–Trinajstić information content (AvgIpc) is 2.72. The Bertz CT molecular complexity index is 685. The van der Waals surface area contributed by atoms with Gasteiger partial charge in [-0.1, -0.05) is 75.8 Å². The summed E-state index contributed by atoms with van der Waals surface area (Å²) in [6.07, 6.45) is 9.71. The molecule has 0 aliphatic carbocycles. The highest BCUT2D eigenvalue weighted by atomic mass is 16.7. The molecule has 1 saturated heterocycles. The van der Waals surface area contributed by atoms with E-state index in [1.807, 2.05) is 30.3 Å². The van der Waals surface area contributed by atoms with Crippen LogP contribution in [0.4, 0.5) is 0 Å². The molecule has 0 atom stereocenters. The second-order valence-corrected chi connectivity index (χ2v) is 7.25. The normalized spacial score (nSPS) is 19.9. The summed E-state index contributed by atoms with van der Waals surface area (Å²) in [6.45, 7) is 3.53. The molecule has 2 aromatic rings. The maximum absolute atomic E-state index is 10.2. The van der Waals surface area contributed by atoms with Gasteiger partial charge in [0.05, 0.1) is 19.4 Å². The van der Waals surface area contributed by atoms with E-state index in [-0.39, 0.29) is 5.75 Å². The summed E-state index contributed by atoms with van der Waals surface area (Å²) in [5.74, 6) is 0.990. The van der Waals surface area contributed by atoms with E-state index in [1.165, 1.54) is 44.7 Å². The monoisotopic (exact) mass is 370 g/mol. The highest BCUT2D eigenvalue weighted by molar-refractivity contribution is 5.55. The van der Waals surface area contributed by atoms with Crippen LogP contribution in [-0.4, -0.2) is 28.3 Å². The number of hydrogen-bond acceptors (Lipinski definition) is 5. The van der Waals surface area contributed by atoms with Crippen molar-refractivity contribution in [2.75, 3.05) is 13.2 Å². The van der Waals surface area contributed by atoms with Gasteiger partial charge in [-0.25, -0.2) is 9.97 Å². The fourth-order valence-corrected chi connectivity index (χ4v) is 3.37. The molecule has 1 aromatic carbocycles. The number of ether oxygens (including phenoxy) is 2. The van der Waals surface area contributed by atoms with E-state index in [0.29, 0.717) is 30.7 Å². The highest BCUT2D eigenvalue weighted by Crippen LogP contribution is 2.32. The number of unbranched alkanes of at least 4 members (excludes halogenated alkanes) is 5. The van der Waals surface area contributed by atoms with E-state index in [0.717, 1.165) is 12.0 Å². The summed E-state index contributed by atoms with van der Waals surface area (Å²) >= 11 is 0. The number of benzene rings is 1. The van der Waals surface area contributed by atoms with Gasteiger partial charge in [-0.2, -0.15) is 0 Å². The summed E-state index contributed by atoms with van der Waals surface area (Å²) in [7, 11) is 0. The second-order valence-electron chi connectivity index (χ2n) is 7.25. The first kappa shape index (κ1) is 19.8. The van der Waals surface area contributed by atoms with Gasteiger partial charge in [-0.05, 0) is 6.42 Å². The van der Waals surface area contributed by atoms with Gasteiger partial charge in [-0.3, -0.25) is 0 Å². The Morgan fingerprint density at radius 2 is 1.70 bits per heavy atom. The summed E-state index contributed by atoms with van der Waals surface area (Å²) in [5.41, 5.74) is 1.30. The SMILES string of the molecule is CCCCCCCCC1COC(c2nc(-c3ccccc3)ncc2O)OC1. The van der Waals surface area contributed by atoms with Gasteiger partial charge in [0.25, 0.3) is 0 Å². The third kappa shape index (κ3) is 5.75. The minimum atomic E-state index is -0.628. The molecule has 1 N–H and O–H groups in total. The number of rotatable bonds is 9. The highest BCUT2D eigenvalue weighted by Gasteiger charge is 2.27. The first-order valence-corrected chi connectivity index (χ1v) is 10.1. The van der Waals surface area contributed by atoms with Crippen LogP contribution in [0.2, 0.25) is 0 Å². The average molecular weight is 370 g/mol. The lowest BCUT2D eigenvalue weighted by molar-refractivity contribution is -0.208. The van der Waals surface area contributed by atoms with Gasteiger partial charge >= 0.3 is 0 Å². The Labute approximate surface area is 161 Å². The van der Waals surface area contributed by atoms with Gasteiger partial charge in [-0.15, -0.1) is 0 Å². The van der Waals surface area contributed by atoms with Gasteiger partial charge in [0.15, 0.2) is 11.6 Å². The smallest absolute Gasteiger partial charge is 0.205 e. The summed E-state index contributed by atoms with van der Waals surface area (Å²) in [5, 5.41) is 10.2. The van der Waals surface area contributed by atoms with Gasteiger partial charge in [0.1, 0.15) is 5.69 Å². The topological polar surface area (TPSA) is 64.5 Å². The molecule has 27 heavy (non-hydrogen) atoms. The number of aromatic nitrogens is 2. The maximum atomic E-state index is 10.2. The van der Waals surface area contributed by atoms with Crippen molar-refractivity contribution in [1.29, 1.82) is 0 Å². The molecule has 0 unspecified atom stereocenters. The van der Waals surface area contributed by atoms with Crippen LogP contribution in [0.25, 0.3) is 11.4 Å². The zero-order chi connectivity index (χ0) is 18.9. The Kier molecular flexibility index (Phi) is 7.60. The maximum Gasteiger partial charge on any atom is 0.205 e. The second kappa shape index (κ2) is 10.4. The molecule has 146 valence electrons. The minimum Gasteiger partial charge on any atom is -0.504 e. The molecule has 1 aliphatic rings. The molecule has 5 heteroatoms. The quantitative estimate of drug-likeness (QED) is 0.610. The van der Waals surface area contributed by atoms with Crippen molar-refractivity contribution < 1.29 is 14.6 Å². The largest absolute Gasteiger partial charge is 0.504 e. The van der Waals surface area contributed by atoms with Crippen molar-refractivity contribution in [3.63, 3.8) is 0 Å². The van der Waals surface area contributed by atoms with Crippen LogP contribution in [0, 0.1) is 5.92 Å². The molecule has 0 saturated carbocycles. The van der Waals surface area contributed by atoms with Crippen molar-refractivity contribution in [3.05, 3.63) is 42.2 Å². The number of hydrogen-bond donors (Lipinski definition) is 1. The lowest BCUT2D eigenvalue weighted by atomic mass is 10.0. The van der Waals surface area contributed by atoms with Gasteiger partial charge in [0, 0.05) is 11.5 Å². The van der Waals surface area contributed by atoms with Crippen molar-refractivity contribution in [2.24, 2.45) is 5.92 Å². The molecule has 5 nitrogen and oxygen atoms in total. The third-order valence-electron chi connectivity index (χ3n) is 4.99. The van der Waals surface area contributed by atoms with E-state index in [2.05, 4.69) is 16.9 Å². The molecule has 1 fully saturated rings. The molecule has 0 amide bonds. The molecule has 0 spiro atoms. The number of nitrogens with zero attached hydrogens (tertiary/aromatic N) is 2. The van der Waals surface area contributed by atoms with Crippen LogP contribution in [0.15, 0.2) is 36.5 Å². The molecule has 1 aromatic heterocycles. The van der Waals surface area contributed by atoms with Crippen molar-refractivity contribution >= 4 is 0 Å². The Morgan fingerprint density at radius 1 is 1.00 bits per heavy atom. The summed E-state index contributed by atoms with van der Waals surface area (Å²) in [4.78, 5) is 8.70. The first-order valence-electron chi connectivity index (χ1n) is 10.1. The fourth-order valence-electron chi connectivity index (χ4n) is 3.37. The summed E-state index contributed by atoms with van der Waals surface area (Å²) < 4.78 is 11.7. The lowest BCUT2D eigenvalue weighted by Crippen LogP contribution is -2.27. The fraction of sp³-hybridized carbons (Fsp3) is 0.545.